The Labute approximate surface area is 404 Å². The van der Waals surface area contributed by atoms with Gasteiger partial charge >= 0.3 is 0 Å². The van der Waals surface area contributed by atoms with Crippen molar-refractivity contribution in [1.82, 2.24) is 0 Å². The van der Waals surface area contributed by atoms with Gasteiger partial charge in [-0.05, 0) is 125 Å². The Morgan fingerprint density at radius 2 is 0.725 bits per heavy atom. The lowest BCUT2D eigenvalue weighted by Crippen LogP contribution is -2.29. The van der Waals surface area contributed by atoms with Crippen LogP contribution in [-0.2, 0) is 5.41 Å². The molecule has 324 valence electrons. The minimum Gasteiger partial charge on any atom is -0.253 e. The van der Waals surface area contributed by atoms with Crippen molar-refractivity contribution < 1.29 is 0 Å². The quantitative estimate of drug-likeness (QED) is 0.159. The van der Waals surface area contributed by atoms with Crippen molar-refractivity contribution in [2.75, 3.05) is 0 Å². The molecule has 0 fully saturated rings. The summed E-state index contributed by atoms with van der Waals surface area (Å²) in [7, 11) is 0. The summed E-state index contributed by atoms with van der Waals surface area (Å²) in [5, 5.41) is 0. The van der Waals surface area contributed by atoms with Crippen LogP contribution in [0.2, 0.25) is 0 Å². The average molecular weight is 879 g/mol. The summed E-state index contributed by atoms with van der Waals surface area (Å²) in [5.41, 5.74) is 24.8. The Morgan fingerprint density at radius 3 is 1.33 bits per heavy atom. The second-order valence-corrected chi connectivity index (χ2v) is 18.4. The molecule has 1 atom stereocenters. The van der Waals surface area contributed by atoms with E-state index >= 15 is 0 Å². The number of benzene rings is 10. The molecule has 1 unspecified atom stereocenters. The average Bonchev–Trinajstić information content (AvgIpc) is 3.51. The first-order valence-corrected chi connectivity index (χ1v) is 23.9. The lowest BCUT2D eigenvalue weighted by Gasteiger charge is -2.35. The number of fused-ring (bicyclic) bond motifs is 12. The summed E-state index contributed by atoms with van der Waals surface area (Å²) >= 11 is 0. The number of nitrogens with zero attached hydrogens (tertiary/aromatic N) is 2. The van der Waals surface area contributed by atoms with E-state index < -0.39 is 5.41 Å². The van der Waals surface area contributed by atoms with Crippen LogP contribution < -0.4 is 0 Å². The molecule has 2 aliphatic carbocycles. The van der Waals surface area contributed by atoms with Crippen molar-refractivity contribution in [3.8, 4) is 66.8 Å². The predicted octanol–water partition coefficient (Wildman–Crippen LogP) is 16.6. The van der Waals surface area contributed by atoms with Gasteiger partial charge in [0, 0.05) is 11.1 Å². The fourth-order valence-electron chi connectivity index (χ4n) is 11.3. The van der Waals surface area contributed by atoms with E-state index in [2.05, 4.69) is 256 Å². The van der Waals surface area contributed by atoms with Crippen LogP contribution in [0.25, 0.3) is 66.8 Å². The van der Waals surface area contributed by atoms with E-state index in [1.54, 1.807) is 0 Å². The van der Waals surface area contributed by atoms with Crippen LogP contribution in [0.3, 0.4) is 0 Å². The van der Waals surface area contributed by atoms with Gasteiger partial charge in [0.05, 0.1) is 17.2 Å². The third kappa shape index (κ3) is 6.71. The van der Waals surface area contributed by atoms with E-state index in [4.69, 9.17) is 9.98 Å². The van der Waals surface area contributed by atoms with Crippen molar-refractivity contribution in [3.05, 3.63) is 299 Å². The molecule has 0 saturated carbocycles. The van der Waals surface area contributed by atoms with Gasteiger partial charge in [-0.3, -0.25) is 4.99 Å². The SMILES string of the molecule is CC1=CC(c2ccc(-c3ccccc3)cc2)=NC(c2ccccc2)=NC1c1ccc(-c2cccc(-c3ccc4c(c3)C3(c5ccccc5-c5ccccc5-c5ccccc53)c3ccccc3-4)c2)cc1. The van der Waals surface area contributed by atoms with E-state index in [0.29, 0.717) is 0 Å². The second-order valence-electron chi connectivity index (χ2n) is 18.4. The van der Waals surface area contributed by atoms with Crippen LogP contribution in [0.15, 0.2) is 270 Å². The maximum Gasteiger partial charge on any atom is 0.156 e. The first kappa shape index (κ1) is 40.5. The second kappa shape index (κ2) is 16.6. The maximum atomic E-state index is 5.38. The molecule has 0 saturated heterocycles. The van der Waals surface area contributed by atoms with E-state index in [0.717, 1.165) is 39.4 Å². The fraction of sp³-hybridized carbons (Fsp3) is 0.0448. The van der Waals surface area contributed by atoms with Crippen LogP contribution in [0.1, 0.15) is 51.9 Å². The first-order valence-electron chi connectivity index (χ1n) is 23.9. The van der Waals surface area contributed by atoms with E-state index in [-0.39, 0.29) is 6.04 Å². The predicted molar refractivity (Wildman–Crippen MR) is 287 cm³/mol. The van der Waals surface area contributed by atoms with Gasteiger partial charge in [0.1, 0.15) is 0 Å². The molecule has 10 aromatic carbocycles. The standard InChI is InChI=1S/C67H46N2/c1-44-41-64(48-35-31-46(32-36-48)45-17-4-2-5-18-45)68-66(50-19-6-3-7-20-50)69-65(44)49-37-33-47(34-38-49)51-21-16-22-52(42-51)53-39-40-59-58-27-12-15-30-62(58)67(63(59)43-53)60-28-13-10-25-56(60)54-23-8-9-24-55(54)57-26-11-14-29-61(57)67/h2-43,65H,1H3. The van der Waals surface area contributed by atoms with Crippen LogP contribution >= 0.6 is 0 Å². The zero-order valence-electron chi connectivity index (χ0n) is 38.2. The van der Waals surface area contributed by atoms with Gasteiger partial charge in [-0.2, -0.15) is 0 Å². The number of hydrogen-bond donors (Lipinski definition) is 0. The highest BCUT2D eigenvalue weighted by Gasteiger charge is 2.49. The zero-order chi connectivity index (χ0) is 45.9. The third-order valence-corrected chi connectivity index (χ3v) is 14.6. The number of amidine groups is 1. The van der Waals surface area contributed by atoms with Crippen molar-refractivity contribution in [1.29, 1.82) is 0 Å². The van der Waals surface area contributed by atoms with Gasteiger partial charge < -0.3 is 0 Å². The van der Waals surface area contributed by atoms with Gasteiger partial charge in [0.15, 0.2) is 5.84 Å². The lowest BCUT2D eigenvalue weighted by molar-refractivity contribution is 0.775. The molecule has 0 radical (unpaired) electrons. The molecule has 10 aromatic rings. The van der Waals surface area contributed by atoms with Gasteiger partial charge in [-0.25, -0.2) is 4.99 Å². The van der Waals surface area contributed by atoms with Gasteiger partial charge in [0.2, 0.25) is 0 Å². The number of hydrogen-bond acceptors (Lipinski definition) is 2. The highest BCUT2D eigenvalue weighted by atomic mass is 15.0. The third-order valence-electron chi connectivity index (χ3n) is 14.6. The molecular weight excluding hydrogens is 833 g/mol. The van der Waals surface area contributed by atoms with Crippen molar-refractivity contribution in [3.63, 3.8) is 0 Å². The van der Waals surface area contributed by atoms with E-state index in [1.165, 1.54) is 83.5 Å². The van der Waals surface area contributed by atoms with Crippen LogP contribution in [0, 0.1) is 0 Å². The molecule has 1 heterocycles. The molecule has 0 N–H and O–H groups in total. The summed E-state index contributed by atoms with van der Waals surface area (Å²) in [5.74, 6) is 0.729. The highest BCUT2D eigenvalue weighted by molar-refractivity contribution is 6.18. The molecule has 0 aromatic heterocycles. The number of allylic oxidation sites excluding steroid dienone is 1. The van der Waals surface area contributed by atoms with Crippen LogP contribution in [0.4, 0.5) is 0 Å². The van der Waals surface area contributed by atoms with Crippen LogP contribution in [0.5, 0.6) is 0 Å². The highest BCUT2D eigenvalue weighted by Crippen LogP contribution is 2.61. The van der Waals surface area contributed by atoms with Gasteiger partial charge in [-0.15, -0.1) is 0 Å². The Balaban J connectivity index is 0.871. The fourth-order valence-corrected chi connectivity index (χ4v) is 11.3. The maximum absolute atomic E-state index is 5.38. The largest absolute Gasteiger partial charge is 0.253 e. The van der Waals surface area contributed by atoms with Gasteiger partial charge in [-0.1, -0.05) is 237 Å². The molecule has 2 nitrogen and oxygen atoms in total. The molecule has 2 heteroatoms. The smallest absolute Gasteiger partial charge is 0.156 e. The summed E-state index contributed by atoms with van der Waals surface area (Å²) < 4.78 is 0. The van der Waals surface area contributed by atoms with Crippen molar-refractivity contribution >= 4 is 11.5 Å². The molecule has 13 rings (SSSR count). The van der Waals surface area contributed by atoms with Crippen molar-refractivity contribution in [2.24, 2.45) is 9.98 Å². The topological polar surface area (TPSA) is 24.7 Å². The Kier molecular flexibility index (Phi) is 9.73. The van der Waals surface area contributed by atoms with E-state index in [1.807, 2.05) is 6.07 Å². The van der Waals surface area contributed by atoms with Gasteiger partial charge in [0.25, 0.3) is 0 Å². The summed E-state index contributed by atoms with van der Waals surface area (Å²) in [6, 6.07) is 90.7. The molecule has 0 amide bonds. The molecule has 1 aliphatic heterocycles. The summed E-state index contributed by atoms with van der Waals surface area (Å²) in [4.78, 5) is 10.6. The van der Waals surface area contributed by atoms with Crippen LogP contribution in [-0.4, -0.2) is 11.5 Å². The number of rotatable bonds is 6. The molecule has 69 heavy (non-hydrogen) atoms. The summed E-state index contributed by atoms with van der Waals surface area (Å²) in [6.45, 7) is 2.18. The molecule has 1 spiro atoms. The number of aliphatic imine (C=N–C) groups is 2. The minimum atomic E-state index is -0.520. The first-order chi connectivity index (χ1) is 34.1. The Hall–Kier alpha value is -8.72. The van der Waals surface area contributed by atoms with Crippen molar-refractivity contribution in [2.45, 2.75) is 18.4 Å². The monoisotopic (exact) mass is 878 g/mol. The molecule has 3 aliphatic rings. The Morgan fingerprint density at radius 1 is 0.319 bits per heavy atom. The molecular formula is C67H46N2. The normalized spacial score (nSPS) is 15.0. The summed E-state index contributed by atoms with van der Waals surface area (Å²) in [6.07, 6.45) is 2.21. The Bertz CT molecular complexity index is 3640. The zero-order valence-corrected chi connectivity index (χ0v) is 38.2. The molecule has 0 bridgehead atoms. The minimum absolute atomic E-state index is 0.194. The van der Waals surface area contributed by atoms with E-state index in [9.17, 15) is 0 Å². The lowest BCUT2D eigenvalue weighted by atomic mass is 9.65.